The zero-order chi connectivity index (χ0) is 13.0. The van der Waals surface area contributed by atoms with Crippen molar-refractivity contribution in [1.29, 1.82) is 0 Å². The van der Waals surface area contributed by atoms with Gasteiger partial charge >= 0.3 is 0 Å². The lowest BCUT2D eigenvalue weighted by Crippen LogP contribution is -2.48. The van der Waals surface area contributed by atoms with Gasteiger partial charge < -0.3 is 10.8 Å². The van der Waals surface area contributed by atoms with Crippen LogP contribution in [0.5, 0.6) is 0 Å². The number of benzene rings is 1. The molecule has 1 fully saturated rings. The van der Waals surface area contributed by atoms with E-state index in [1.807, 2.05) is 11.8 Å². The number of aliphatic hydroxyl groups is 1. The number of aliphatic hydroxyl groups excluding tert-OH is 1. The molecule has 1 aromatic rings. The van der Waals surface area contributed by atoms with Gasteiger partial charge in [-0.3, -0.25) is 0 Å². The van der Waals surface area contributed by atoms with Crippen LogP contribution in [0, 0.1) is 6.92 Å². The maximum Gasteiger partial charge on any atom is 0.0611 e. The van der Waals surface area contributed by atoms with Gasteiger partial charge in [0.05, 0.1) is 6.61 Å². The Bertz CT molecular complexity index is 396. The van der Waals surface area contributed by atoms with E-state index in [1.54, 1.807) is 0 Å². The summed E-state index contributed by atoms with van der Waals surface area (Å²) in [5.74, 6) is 1.05. The molecule has 0 radical (unpaired) electrons. The van der Waals surface area contributed by atoms with Crippen LogP contribution in [-0.4, -0.2) is 22.5 Å². The van der Waals surface area contributed by atoms with Crippen LogP contribution in [0.3, 0.4) is 0 Å². The molecule has 2 atom stereocenters. The Morgan fingerprint density at radius 2 is 2.33 bits per heavy atom. The normalized spacial score (nSPS) is 28.3. The summed E-state index contributed by atoms with van der Waals surface area (Å²) >= 11 is 1.99. The second-order valence-corrected chi connectivity index (χ2v) is 6.83. The molecule has 2 rings (SSSR count). The maximum absolute atomic E-state index is 9.36. The van der Waals surface area contributed by atoms with Gasteiger partial charge in [0.2, 0.25) is 0 Å². The van der Waals surface area contributed by atoms with Crippen molar-refractivity contribution in [1.82, 2.24) is 0 Å². The Morgan fingerprint density at radius 1 is 1.50 bits per heavy atom. The minimum Gasteiger partial charge on any atom is -0.394 e. The molecule has 1 aliphatic carbocycles. The van der Waals surface area contributed by atoms with Crippen molar-refractivity contribution in [2.45, 2.75) is 49.1 Å². The molecule has 18 heavy (non-hydrogen) atoms. The fourth-order valence-electron chi connectivity index (χ4n) is 2.64. The van der Waals surface area contributed by atoms with E-state index in [2.05, 4.69) is 31.2 Å². The molecule has 0 spiro atoms. The fraction of sp³-hybridized carbons (Fsp3) is 0.600. The van der Waals surface area contributed by atoms with Gasteiger partial charge in [0.15, 0.2) is 0 Å². The molecule has 0 bridgehead atoms. The molecule has 1 saturated carbocycles. The SMILES string of the molecule is Cc1cccc(CSC2CCCC(N)(CO)C2)c1. The molecule has 1 aliphatic rings. The molecule has 0 amide bonds. The van der Waals surface area contributed by atoms with Crippen LogP contribution in [0.1, 0.15) is 36.8 Å². The monoisotopic (exact) mass is 265 g/mol. The average molecular weight is 265 g/mol. The van der Waals surface area contributed by atoms with Gasteiger partial charge in [-0.1, -0.05) is 36.2 Å². The highest BCUT2D eigenvalue weighted by Crippen LogP contribution is 2.34. The van der Waals surface area contributed by atoms with Gasteiger partial charge in [-0.25, -0.2) is 0 Å². The zero-order valence-corrected chi connectivity index (χ0v) is 11.9. The second-order valence-electron chi connectivity index (χ2n) is 5.54. The Morgan fingerprint density at radius 3 is 3.06 bits per heavy atom. The number of nitrogens with two attached hydrogens (primary N) is 1. The smallest absolute Gasteiger partial charge is 0.0611 e. The molecular weight excluding hydrogens is 242 g/mol. The van der Waals surface area contributed by atoms with Gasteiger partial charge in [0, 0.05) is 16.5 Å². The Hall–Kier alpha value is -0.510. The standard InChI is InChI=1S/C15H23NOS/c1-12-4-2-5-13(8-12)10-18-14-6-3-7-15(16,9-14)11-17/h2,4-5,8,14,17H,3,6-7,9-11,16H2,1H3. The highest BCUT2D eigenvalue weighted by Gasteiger charge is 2.32. The van der Waals surface area contributed by atoms with Crippen LogP contribution in [0.2, 0.25) is 0 Å². The van der Waals surface area contributed by atoms with Crippen LogP contribution < -0.4 is 5.73 Å². The third-order valence-corrected chi connectivity index (χ3v) is 5.09. The summed E-state index contributed by atoms with van der Waals surface area (Å²) in [6.45, 7) is 2.25. The molecule has 2 nitrogen and oxygen atoms in total. The topological polar surface area (TPSA) is 46.2 Å². The third kappa shape index (κ3) is 3.74. The predicted octanol–water partition coefficient (Wildman–Crippen LogP) is 2.86. The van der Waals surface area contributed by atoms with E-state index in [0.717, 1.165) is 25.0 Å². The maximum atomic E-state index is 9.36. The van der Waals surface area contributed by atoms with Gasteiger partial charge in [-0.2, -0.15) is 11.8 Å². The van der Waals surface area contributed by atoms with E-state index in [4.69, 9.17) is 5.73 Å². The first-order valence-corrected chi connectivity index (χ1v) is 7.73. The molecular formula is C15H23NOS. The first-order valence-electron chi connectivity index (χ1n) is 6.68. The van der Waals surface area contributed by atoms with Crippen molar-refractivity contribution in [3.05, 3.63) is 35.4 Å². The minimum atomic E-state index is -0.331. The molecule has 0 heterocycles. The summed E-state index contributed by atoms with van der Waals surface area (Å²) in [5.41, 5.74) is 8.55. The molecule has 0 aliphatic heterocycles. The summed E-state index contributed by atoms with van der Waals surface area (Å²) < 4.78 is 0. The van der Waals surface area contributed by atoms with Gasteiger partial charge in [-0.05, 0) is 31.7 Å². The summed E-state index contributed by atoms with van der Waals surface area (Å²) in [6.07, 6.45) is 4.28. The van der Waals surface area contributed by atoms with Crippen molar-refractivity contribution in [2.75, 3.05) is 6.61 Å². The third-order valence-electron chi connectivity index (χ3n) is 3.72. The highest BCUT2D eigenvalue weighted by atomic mass is 32.2. The zero-order valence-electron chi connectivity index (χ0n) is 11.1. The minimum absolute atomic E-state index is 0.120. The van der Waals surface area contributed by atoms with E-state index in [9.17, 15) is 5.11 Å². The summed E-state index contributed by atoms with van der Waals surface area (Å²) in [4.78, 5) is 0. The number of rotatable bonds is 4. The average Bonchev–Trinajstić information content (AvgIpc) is 2.37. The lowest BCUT2D eigenvalue weighted by Gasteiger charge is -2.36. The van der Waals surface area contributed by atoms with Gasteiger partial charge in [0.1, 0.15) is 0 Å². The van der Waals surface area contributed by atoms with E-state index in [-0.39, 0.29) is 12.1 Å². The van der Waals surface area contributed by atoms with Gasteiger partial charge in [0.25, 0.3) is 0 Å². The second kappa shape index (κ2) is 6.09. The molecule has 100 valence electrons. The summed E-state index contributed by atoms with van der Waals surface area (Å²) in [7, 11) is 0. The molecule has 2 unspecified atom stereocenters. The van der Waals surface area contributed by atoms with Crippen molar-refractivity contribution < 1.29 is 5.11 Å². The molecule has 3 N–H and O–H groups in total. The van der Waals surface area contributed by atoms with Crippen LogP contribution in [0.4, 0.5) is 0 Å². The van der Waals surface area contributed by atoms with Crippen molar-refractivity contribution in [3.8, 4) is 0 Å². The molecule has 1 aromatic carbocycles. The number of hydrogen-bond acceptors (Lipinski definition) is 3. The van der Waals surface area contributed by atoms with Crippen molar-refractivity contribution in [2.24, 2.45) is 5.73 Å². The summed E-state index contributed by atoms with van der Waals surface area (Å²) in [5, 5.41) is 9.95. The molecule has 3 heteroatoms. The predicted molar refractivity (Wildman–Crippen MR) is 78.7 cm³/mol. The number of thioether (sulfide) groups is 1. The molecule has 0 aromatic heterocycles. The lowest BCUT2D eigenvalue weighted by atomic mass is 9.83. The number of hydrogen-bond donors (Lipinski definition) is 2. The van der Waals surface area contributed by atoms with E-state index < -0.39 is 0 Å². The Balaban J connectivity index is 1.87. The van der Waals surface area contributed by atoms with Gasteiger partial charge in [-0.15, -0.1) is 0 Å². The van der Waals surface area contributed by atoms with Crippen LogP contribution in [0.15, 0.2) is 24.3 Å². The lowest BCUT2D eigenvalue weighted by molar-refractivity contribution is 0.159. The molecule has 0 saturated heterocycles. The van der Waals surface area contributed by atoms with Crippen LogP contribution >= 0.6 is 11.8 Å². The van der Waals surface area contributed by atoms with E-state index in [1.165, 1.54) is 17.5 Å². The Kier molecular flexibility index (Phi) is 4.71. The van der Waals surface area contributed by atoms with E-state index in [0.29, 0.717) is 5.25 Å². The van der Waals surface area contributed by atoms with Crippen LogP contribution in [-0.2, 0) is 5.75 Å². The van der Waals surface area contributed by atoms with Crippen molar-refractivity contribution in [3.63, 3.8) is 0 Å². The summed E-state index contributed by atoms with van der Waals surface area (Å²) in [6, 6.07) is 8.68. The Labute approximate surface area is 114 Å². The first-order chi connectivity index (χ1) is 8.61. The quantitative estimate of drug-likeness (QED) is 0.880. The fourth-order valence-corrected chi connectivity index (χ4v) is 4.03. The van der Waals surface area contributed by atoms with E-state index >= 15 is 0 Å². The van der Waals surface area contributed by atoms with Crippen molar-refractivity contribution >= 4 is 11.8 Å². The highest BCUT2D eigenvalue weighted by molar-refractivity contribution is 7.99. The van der Waals surface area contributed by atoms with Crippen LogP contribution in [0.25, 0.3) is 0 Å². The first kappa shape index (κ1) is 13.9. The largest absolute Gasteiger partial charge is 0.394 e. The number of aryl methyl sites for hydroxylation is 1.